The zero-order valence-corrected chi connectivity index (χ0v) is 11.8. The number of likely N-dealkylation sites (N-methyl/N-ethyl adjacent to an activating group) is 2. The van der Waals surface area contributed by atoms with E-state index in [1.165, 1.54) is 9.80 Å². The van der Waals surface area contributed by atoms with Crippen LogP contribution in [0.1, 0.15) is 27.7 Å². The van der Waals surface area contributed by atoms with Crippen LogP contribution < -0.4 is 5.73 Å². The molecule has 100 valence electrons. The molecule has 0 saturated carbocycles. The fourth-order valence-corrected chi connectivity index (χ4v) is 1.22. The van der Waals surface area contributed by atoms with E-state index in [4.69, 9.17) is 5.73 Å². The van der Waals surface area contributed by atoms with Crippen molar-refractivity contribution in [3.8, 4) is 0 Å². The number of nitrogens with two attached hydrogens (primary N) is 1. The zero-order valence-electron chi connectivity index (χ0n) is 11.8. The van der Waals surface area contributed by atoms with Gasteiger partial charge in [0.25, 0.3) is 0 Å². The van der Waals surface area contributed by atoms with Gasteiger partial charge in [0.1, 0.15) is 0 Å². The quantitative estimate of drug-likeness (QED) is 0.772. The summed E-state index contributed by atoms with van der Waals surface area (Å²) >= 11 is 0. The van der Waals surface area contributed by atoms with Crippen molar-refractivity contribution in [2.75, 3.05) is 27.2 Å². The number of hydrogen-bond donors (Lipinski definition) is 1. The monoisotopic (exact) mass is 243 g/mol. The molecular formula is C12H25N3O2. The third-order valence-electron chi connectivity index (χ3n) is 2.72. The molecule has 5 heteroatoms. The van der Waals surface area contributed by atoms with Gasteiger partial charge in [-0.1, -0.05) is 20.8 Å². The van der Waals surface area contributed by atoms with Crippen LogP contribution in [0, 0.1) is 5.41 Å². The van der Waals surface area contributed by atoms with Gasteiger partial charge in [-0.2, -0.15) is 0 Å². The van der Waals surface area contributed by atoms with Crippen molar-refractivity contribution in [1.82, 2.24) is 9.80 Å². The predicted molar refractivity (Wildman–Crippen MR) is 68.4 cm³/mol. The van der Waals surface area contributed by atoms with E-state index in [2.05, 4.69) is 0 Å². The van der Waals surface area contributed by atoms with Crippen molar-refractivity contribution in [1.29, 1.82) is 0 Å². The highest BCUT2D eigenvalue weighted by Gasteiger charge is 2.31. The van der Waals surface area contributed by atoms with Gasteiger partial charge in [0.05, 0.1) is 12.6 Å². The summed E-state index contributed by atoms with van der Waals surface area (Å²) in [5.41, 5.74) is 5.61. The Bertz CT molecular complexity index is 282. The number of amides is 2. The molecule has 0 aromatic rings. The van der Waals surface area contributed by atoms with Gasteiger partial charge >= 0.3 is 0 Å². The van der Waals surface area contributed by atoms with Crippen molar-refractivity contribution >= 4 is 11.8 Å². The third kappa shape index (κ3) is 4.73. The average Bonchev–Trinajstić information content (AvgIpc) is 2.21. The molecule has 0 radical (unpaired) electrons. The number of rotatable bonds is 4. The maximum atomic E-state index is 12.1. The summed E-state index contributed by atoms with van der Waals surface area (Å²) in [5, 5.41) is 0. The van der Waals surface area contributed by atoms with Crippen LogP contribution in [0.5, 0.6) is 0 Å². The van der Waals surface area contributed by atoms with Crippen LogP contribution in [0.4, 0.5) is 0 Å². The lowest BCUT2D eigenvalue weighted by Crippen LogP contribution is -2.52. The van der Waals surface area contributed by atoms with E-state index >= 15 is 0 Å². The predicted octanol–water partition coefficient (Wildman–Crippen LogP) is 0.297. The Kier molecular flexibility index (Phi) is 5.61. The first-order chi connectivity index (χ1) is 7.61. The molecule has 0 aliphatic heterocycles. The van der Waals surface area contributed by atoms with Crippen LogP contribution >= 0.6 is 0 Å². The lowest BCUT2D eigenvalue weighted by molar-refractivity contribution is -0.141. The molecular weight excluding hydrogens is 218 g/mol. The van der Waals surface area contributed by atoms with Crippen LogP contribution in [0.15, 0.2) is 0 Å². The van der Waals surface area contributed by atoms with Crippen LogP contribution in [-0.4, -0.2) is 54.8 Å². The molecule has 0 bridgehead atoms. The highest BCUT2D eigenvalue weighted by Crippen LogP contribution is 2.19. The molecule has 0 fully saturated rings. The molecule has 0 heterocycles. The highest BCUT2D eigenvalue weighted by atomic mass is 16.2. The molecule has 0 aliphatic rings. The fourth-order valence-electron chi connectivity index (χ4n) is 1.22. The standard InChI is InChI=1S/C12H25N3O2/c1-7-15(8-9(16)14(5)6)11(17)10(13)12(2,3)4/h10H,7-8,13H2,1-6H3/t10-/m1/s1. The molecule has 2 amide bonds. The zero-order chi connectivity index (χ0) is 13.8. The minimum atomic E-state index is -0.586. The Hall–Kier alpha value is -1.10. The Morgan fingerprint density at radius 2 is 1.71 bits per heavy atom. The van der Waals surface area contributed by atoms with E-state index in [1.807, 2.05) is 27.7 Å². The lowest BCUT2D eigenvalue weighted by Gasteiger charge is -2.31. The average molecular weight is 243 g/mol. The molecule has 0 aromatic heterocycles. The van der Waals surface area contributed by atoms with Gasteiger partial charge in [-0.3, -0.25) is 9.59 Å². The van der Waals surface area contributed by atoms with Gasteiger partial charge in [-0.15, -0.1) is 0 Å². The number of carbonyl (C=O) groups is 2. The molecule has 2 N–H and O–H groups in total. The molecule has 1 atom stereocenters. The first-order valence-electron chi connectivity index (χ1n) is 5.85. The first kappa shape index (κ1) is 15.9. The second-order valence-electron chi connectivity index (χ2n) is 5.48. The molecule has 0 unspecified atom stereocenters. The second-order valence-corrected chi connectivity index (χ2v) is 5.48. The molecule has 17 heavy (non-hydrogen) atoms. The SMILES string of the molecule is CCN(CC(=O)N(C)C)C(=O)[C@@H](N)C(C)(C)C. The molecule has 0 aliphatic carbocycles. The second kappa shape index (κ2) is 6.00. The van der Waals surface area contributed by atoms with E-state index in [0.29, 0.717) is 6.54 Å². The Morgan fingerprint density at radius 1 is 1.24 bits per heavy atom. The maximum absolute atomic E-state index is 12.1. The fraction of sp³-hybridized carbons (Fsp3) is 0.833. The summed E-state index contributed by atoms with van der Waals surface area (Å²) in [6, 6.07) is -0.586. The third-order valence-corrected chi connectivity index (χ3v) is 2.72. The van der Waals surface area contributed by atoms with Crippen LogP contribution in [0.25, 0.3) is 0 Å². The number of hydrogen-bond acceptors (Lipinski definition) is 3. The van der Waals surface area contributed by atoms with Gasteiger partial charge in [0, 0.05) is 20.6 Å². The Balaban J connectivity index is 4.68. The molecule has 5 nitrogen and oxygen atoms in total. The van der Waals surface area contributed by atoms with Crippen LogP contribution in [-0.2, 0) is 9.59 Å². The van der Waals surface area contributed by atoms with Crippen LogP contribution in [0.2, 0.25) is 0 Å². The largest absolute Gasteiger partial charge is 0.347 e. The van der Waals surface area contributed by atoms with Crippen molar-refractivity contribution in [3.63, 3.8) is 0 Å². The van der Waals surface area contributed by atoms with E-state index in [9.17, 15) is 9.59 Å². The van der Waals surface area contributed by atoms with Gasteiger partial charge < -0.3 is 15.5 Å². The summed E-state index contributed by atoms with van der Waals surface area (Å²) in [4.78, 5) is 26.7. The van der Waals surface area contributed by atoms with E-state index in [-0.39, 0.29) is 23.8 Å². The van der Waals surface area contributed by atoms with Crippen LogP contribution in [0.3, 0.4) is 0 Å². The molecule has 0 rings (SSSR count). The summed E-state index contributed by atoms with van der Waals surface area (Å²) in [7, 11) is 3.34. The topological polar surface area (TPSA) is 66.6 Å². The van der Waals surface area contributed by atoms with Gasteiger partial charge in [0.2, 0.25) is 11.8 Å². The number of carbonyl (C=O) groups excluding carboxylic acids is 2. The first-order valence-corrected chi connectivity index (χ1v) is 5.85. The summed E-state index contributed by atoms with van der Waals surface area (Å²) in [6.45, 7) is 8.16. The highest BCUT2D eigenvalue weighted by molar-refractivity contribution is 5.87. The molecule has 0 saturated heterocycles. The van der Waals surface area contributed by atoms with E-state index in [1.54, 1.807) is 14.1 Å². The van der Waals surface area contributed by atoms with E-state index in [0.717, 1.165) is 0 Å². The van der Waals surface area contributed by atoms with Crippen molar-refractivity contribution in [2.24, 2.45) is 11.1 Å². The Labute approximate surface area is 104 Å². The van der Waals surface area contributed by atoms with Crippen molar-refractivity contribution in [3.05, 3.63) is 0 Å². The van der Waals surface area contributed by atoms with Gasteiger partial charge in [-0.25, -0.2) is 0 Å². The van der Waals surface area contributed by atoms with E-state index < -0.39 is 6.04 Å². The molecule has 0 aromatic carbocycles. The minimum Gasteiger partial charge on any atom is -0.347 e. The summed E-state index contributed by atoms with van der Waals surface area (Å²) in [5.74, 6) is -0.267. The minimum absolute atomic E-state index is 0.0894. The number of nitrogens with zero attached hydrogens (tertiary/aromatic N) is 2. The normalized spacial score (nSPS) is 13.1. The van der Waals surface area contributed by atoms with Gasteiger partial charge in [0.15, 0.2) is 0 Å². The summed E-state index contributed by atoms with van der Waals surface area (Å²) in [6.07, 6.45) is 0. The lowest BCUT2D eigenvalue weighted by atomic mass is 9.86. The van der Waals surface area contributed by atoms with Crippen molar-refractivity contribution < 1.29 is 9.59 Å². The summed E-state index contributed by atoms with van der Waals surface area (Å²) < 4.78 is 0. The van der Waals surface area contributed by atoms with Gasteiger partial charge in [-0.05, 0) is 12.3 Å². The maximum Gasteiger partial charge on any atom is 0.241 e. The molecule has 0 spiro atoms. The van der Waals surface area contributed by atoms with Crippen molar-refractivity contribution in [2.45, 2.75) is 33.7 Å². The smallest absolute Gasteiger partial charge is 0.241 e. The Morgan fingerprint density at radius 3 is 2.00 bits per heavy atom.